The normalized spacial score (nSPS) is 12.6. The molecule has 0 radical (unpaired) electrons. The van der Waals surface area contributed by atoms with Crippen LogP contribution >= 0.6 is 0 Å². The third-order valence-corrected chi connectivity index (χ3v) is 4.33. The van der Waals surface area contributed by atoms with Gasteiger partial charge in [0.15, 0.2) is 0 Å². The van der Waals surface area contributed by atoms with Gasteiger partial charge < -0.3 is 11.1 Å². The molecule has 0 spiro atoms. The second kappa shape index (κ2) is 17.6. The third-order valence-electron chi connectivity index (χ3n) is 4.33. The minimum atomic E-state index is 0.0164. The van der Waals surface area contributed by atoms with E-state index in [2.05, 4.69) is 5.32 Å². The predicted molar refractivity (Wildman–Crippen MR) is 104 cm³/mol. The molecule has 1 amide bonds. The first kappa shape index (κ1) is 26.0. The molecule has 25 heavy (non-hydrogen) atoms. The topological polar surface area (TPSA) is 89.3 Å². The first-order chi connectivity index (χ1) is 11.8. The van der Waals surface area contributed by atoms with Crippen LogP contribution in [-0.4, -0.2) is 30.6 Å². The van der Waals surface area contributed by atoms with Crippen molar-refractivity contribution in [3.8, 4) is 0 Å². The van der Waals surface area contributed by atoms with Crippen molar-refractivity contribution in [2.24, 2.45) is 17.6 Å². The summed E-state index contributed by atoms with van der Waals surface area (Å²) in [4.78, 5) is 32.8. The molecule has 0 aliphatic heterocycles. The molecule has 0 fully saturated rings. The van der Waals surface area contributed by atoms with Crippen LogP contribution in [0.2, 0.25) is 0 Å². The first-order valence-electron chi connectivity index (χ1n) is 9.79. The molecular formula is C20H40N2O3. The zero-order chi connectivity index (χ0) is 19.7. The smallest absolute Gasteiger partial charge is 0.216 e. The van der Waals surface area contributed by atoms with Crippen molar-refractivity contribution in [2.45, 2.75) is 86.0 Å². The van der Waals surface area contributed by atoms with E-state index in [-0.39, 0.29) is 17.7 Å². The number of carbonyl (C=O) groups excluding carboxylic acids is 3. The maximum Gasteiger partial charge on any atom is 0.216 e. The van der Waals surface area contributed by atoms with Gasteiger partial charge in [-0.3, -0.25) is 14.4 Å². The summed E-state index contributed by atoms with van der Waals surface area (Å²) in [5.41, 5.74) is 5.34. The second-order valence-electron chi connectivity index (χ2n) is 6.71. The number of unbranched alkanes of at least 4 members (excludes halogenated alkanes) is 2. The standard InChI is InChI=1S/C11H21NO2.C9H19NO/c1-4-11(14)9(2)7-5-6-8-12-10(3)13;1-3-9(11)8(2)6-4-5-7-10/h9H,4-8H2,1-3H3,(H,12,13);8H,3-7,10H2,1-2H3/t9-;8-/m00/s1. The van der Waals surface area contributed by atoms with Gasteiger partial charge in [0.05, 0.1) is 0 Å². The van der Waals surface area contributed by atoms with Crippen molar-refractivity contribution in [1.82, 2.24) is 5.32 Å². The monoisotopic (exact) mass is 356 g/mol. The zero-order valence-corrected chi connectivity index (χ0v) is 17.0. The van der Waals surface area contributed by atoms with Crippen LogP contribution in [0.4, 0.5) is 0 Å². The summed E-state index contributed by atoms with van der Waals surface area (Å²) in [5.74, 6) is 1.15. The largest absolute Gasteiger partial charge is 0.356 e. The summed E-state index contributed by atoms with van der Waals surface area (Å²) in [6.45, 7) is 10.8. The summed E-state index contributed by atoms with van der Waals surface area (Å²) in [7, 11) is 0. The lowest BCUT2D eigenvalue weighted by Crippen LogP contribution is -2.21. The van der Waals surface area contributed by atoms with Gasteiger partial charge in [-0.05, 0) is 32.2 Å². The Bertz CT molecular complexity index is 370. The summed E-state index contributed by atoms with van der Waals surface area (Å²) >= 11 is 0. The highest BCUT2D eigenvalue weighted by Crippen LogP contribution is 2.10. The quantitative estimate of drug-likeness (QED) is 0.493. The zero-order valence-electron chi connectivity index (χ0n) is 17.0. The van der Waals surface area contributed by atoms with Gasteiger partial charge in [-0.15, -0.1) is 0 Å². The van der Waals surface area contributed by atoms with E-state index < -0.39 is 0 Å². The van der Waals surface area contributed by atoms with Gasteiger partial charge in [-0.1, -0.05) is 40.5 Å². The molecular weight excluding hydrogens is 316 g/mol. The highest BCUT2D eigenvalue weighted by Gasteiger charge is 2.09. The van der Waals surface area contributed by atoms with Crippen molar-refractivity contribution in [1.29, 1.82) is 0 Å². The van der Waals surface area contributed by atoms with E-state index >= 15 is 0 Å². The summed E-state index contributed by atoms with van der Waals surface area (Å²) in [6.07, 6.45) is 7.34. The first-order valence-corrected chi connectivity index (χ1v) is 9.79. The average Bonchev–Trinajstić information content (AvgIpc) is 2.60. The molecule has 0 bridgehead atoms. The number of hydrogen-bond acceptors (Lipinski definition) is 4. The number of ketones is 2. The number of hydrogen-bond donors (Lipinski definition) is 2. The average molecular weight is 357 g/mol. The Labute approximate surface area is 154 Å². The van der Waals surface area contributed by atoms with E-state index in [0.29, 0.717) is 24.4 Å². The molecule has 0 heterocycles. The Kier molecular flexibility index (Phi) is 18.3. The molecule has 5 heteroatoms. The molecule has 0 aliphatic carbocycles. The van der Waals surface area contributed by atoms with Crippen LogP contribution in [0, 0.1) is 11.8 Å². The van der Waals surface area contributed by atoms with E-state index in [1.807, 2.05) is 27.7 Å². The van der Waals surface area contributed by atoms with Gasteiger partial charge in [-0.25, -0.2) is 0 Å². The van der Waals surface area contributed by atoms with Gasteiger partial charge in [-0.2, -0.15) is 0 Å². The lowest BCUT2D eigenvalue weighted by Gasteiger charge is -2.08. The molecule has 0 saturated carbocycles. The molecule has 0 rings (SSSR count). The van der Waals surface area contributed by atoms with Crippen LogP contribution in [0.3, 0.4) is 0 Å². The highest BCUT2D eigenvalue weighted by molar-refractivity contribution is 5.80. The van der Waals surface area contributed by atoms with E-state index in [0.717, 1.165) is 51.6 Å². The maximum absolute atomic E-state index is 11.2. The number of rotatable bonds is 13. The molecule has 0 aromatic rings. The Hall–Kier alpha value is -1.23. The second-order valence-corrected chi connectivity index (χ2v) is 6.71. The number of carbonyl (C=O) groups is 3. The summed E-state index contributed by atoms with van der Waals surface area (Å²) in [5, 5.41) is 2.74. The van der Waals surface area contributed by atoms with Crippen LogP contribution in [0.5, 0.6) is 0 Å². The Balaban J connectivity index is 0. The van der Waals surface area contributed by atoms with Gasteiger partial charge in [0.25, 0.3) is 0 Å². The lowest BCUT2D eigenvalue weighted by molar-refractivity contribution is -0.123. The van der Waals surface area contributed by atoms with Gasteiger partial charge in [0.2, 0.25) is 5.91 Å². The fourth-order valence-electron chi connectivity index (χ4n) is 2.45. The van der Waals surface area contributed by atoms with Gasteiger partial charge in [0.1, 0.15) is 11.6 Å². The maximum atomic E-state index is 11.2. The van der Waals surface area contributed by atoms with Gasteiger partial charge >= 0.3 is 0 Å². The molecule has 0 aromatic carbocycles. The molecule has 3 N–H and O–H groups in total. The van der Waals surface area contributed by atoms with Crippen LogP contribution in [0.15, 0.2) is 0 Å². The van der Waals surface area contributed by atoms with Crippen LogP contribution in [0.1, 0.15) is 86.0 Å². The summed E-state index contributed by atoms with van der Waals surface area (Å²) < 4.78 is 0. The predicted octanol–water partition coefficient (Wildman–Crippen LogP) is 3.64. The molecule has 2 atom stereocenters. The van der Waals surface area contributed by atoms with Crippen molar-refractivity contribution in [2.75, 3.05) is 13.1 Å². The van der Waals surface area contributed by atoms with E-state index in [1.54, 1.807) is 0 Å². The van der Waals surface area contributed by atoms with E-state index in [1.165, 1.54) is 6.92 Å². The number of nitrogens with one attached hydrogen (secondary N) is 1. The van der Waals surface area contributed by atoms with E-state index in [9.17, 15) is 14.4 Å². The van der Waals surface area contributed by atoms with Crippen LogP contribution in [-0.2, 0) is 14.4 Å². The highest BCUT2D eigenvalue weighted by atomic mass is 16.1. The fourth-order valence-corrected chi connectivity index (χ4v) is 2.45. The van der Waals surface area contributed by atoms with Gasteiger partial charge in [0, 0.05) is 38.1 Å². The Morgan fingerprint density at radius 3 is 1.64 bits per heavy atom. The number of Topliss-reactive ketones (excluding diaryl/α,β-unsaturated/α-hetero) is 2. The third kappa shape index (κ3) is 17.4. The Morgan fingerprint density at radius 2 is 1.28 bits per heavy atom. The van der Waals surface area contributed by atoms with Crippen molar-refractivity contribution < 1.29 is 14.4 Å². The van der Waals surface area contributed by atoms with Crippen LogP contribution < -0.4 is 11.1 Å². The number of amides is 1. The molecule has 0 aromatic heterocycles. The molecule has 0 aliphatic rings. The molecule has 0 unspecified atom stereocenters. The summed E-state index contributed by atoms with van der Waals surface area (Å²) in [6, 6.07) is 0. The number of nitrogens with two attached hydrogens (primary N) is 1. The van der Waals surface area contributed by atoms with Crippen molar-refractivity contribution >= 4 is 17.5 Å². The lowest BCUT2D eigenvalue weighted by atomic mass is 9.98. The molecule has 148 valence electrons. The minimum absolute atomic E-state index is 0.0164. The minimum Gasteiger partial charge on any atom is -0.356 e. The molecule has 0 saturated heterocycles. The van der Waals surface area contributed by atoms with Crippen LogP contribution in [0.25, 0.3) is 0 Å². The molecule has 5 nitrogen and oxygen atoms in total. The van der Waals surface area contributed by atoms with Crippen molar-refractivity contribution in [3.05, 3.63) is 0 Å². The Morgan fingerprint density at radius 1 is 0.840 bits per heavy atom. The van der Waals surface area contributed by atoms with Crippen molar-refractivity contribution in [3.63, 3.8) is 0 Å². The SMILES string of the molecule is CCC(=O)[C@@H](C)CCCCN.CCC(=O)[C@@H](C)CCCCNC(C)=O. The fraction of sp³-hybridized carbons (Fsp3) is 0.850. The van der Waals surface area contributed by atoms with E-state index in [4.69, 9.17) is 5.73 Å².